The molecular weight excluding hydrogens is 275 g/mol. The molecule has 3 rings (SSSR count). The van der Waals surface area contributed by atoms with Gasteiger partial charge in [-0.2, -0.15) is 0 Å². The van der Waals surface area contributed by atoms with Gasteiger partial charge in [-0.05, 0) is 25.3 Å². The molecule has 2 N–H and O–H groups in total. The molecule has 5 heteroatoms. The number of hydrogen-bond donors (Lipinski definition) is 1. The number of aliphatic imine (C=N–C) groups is 1. The van der Waals surface area contributed by atoms with Crippen molar-refractivity contribution >= 4 is 16.9 Å². The van der Waals surface area contributed by atoms with Gasteiger partial charge in [-0.25, -0.2) is 4.39 Å². The molecule has 0 amide bonds. The molecule has 1 heterocycles. The SMILES string of the molecule is COC1CCC2(c3ccccc3F)N=C(N)SCC2C1. The van der Waals surface area contributed by atoms with Crippen molar-refractivity contribution in [2.75, 3.05) is 12.9 Å². The Kier molecular flexibility index (Phi) is 3.73. The monoisotopic (exact) mass is 294 g/mol. The molecule has 1 aliphatic heterocycles. The molecule has 1 aliphatic carbocycles. The summed E-state index contributed by atoms with van der Waals surface area (Å²) in [6.07, 6.45) is 2.84. The highest BCUT2D eigenvalue weighted by Gasteiger charge is 2.48. The highest BCUT2D eigenvalue weighted by atomic mass is 32.2. The third-order valence-corrected chi connectivity index (χ3v) is 5.44. The molecule has 1 aromatic rings. The average molecular weight is 294 g/mol. The van der Waals surface area contributed by atoms with Crippen molar-refractivity contribution in [2.45, 2.75) is 30.9 Å². The van der Waals surface area contributed by atoms with Gasteiger partial charge < -0.3 is 10.5 Å². The third kappa shape index (κ3) is 2.23. The van der Waals surface area contributed by atoms with Gasteiger partial charge in [0.2, 0.25) is 0 Å². The van der Waals surface area contributed by atoms with Crippen LogP contribution in [0.1, 0.15) is 24.8 Å². The van der Waals surface area contributed by atoms with Crippen molar-refractivity contribution in [2.24, 2.45) is 16.6 Å². The number of hydrogen-bond acceptors (Lipinski definition) is 4. The molecule has 20 heavy (non-hydrogen) atoms. The van der Waals surface area contributed by atoms with E-state index < -0.39 is 5.54 Å². The Labute approximate surface area is 122 Å². The van der Waals surface area contributed by atoms with Crippen molar-refractivity contribution < 1.29 is 9.13 Å². The van der Waals surface area contributed by atoms with Crippen LogP contribution in [0.4, 0.5) is 4.39 Å². The molecule has 0 aromatic heterocycles. The Morgan fingerprint density at radius 1 is 1.45 bits per heavy atom. The summed E-state index contributed by atoms with van der Waals surface area (Å²) in [5.74, 6) is 0.969. The van der Waals surface area contributed by atoms with E-state index in [-0.39, 0.29) is 17.8 Å². The molecule has 0 radical (unpaired) electrons. The molecule has 2 aliphatic rings. The van der Waals surface area contributed by atoms with Crippen LogP contribution in [0.2, 0.25) is 0 Å². The Morgan fingerprint density at radius 2 is 2.25 bits per heavy atom. The van der Waals surface area contributed by atoms with Crippen LogP contribution < -0.4 is 5.73 Å². The Morgan fingerprint density at radius 3 is 3.00 bits per heavy atom. The van der Waals surface area contributed by atoms with E-state index in [0.29, 0.717) is 10.7 Å². The van der Waals surface area contributed by atoms with Gasteiger partial charge in [0.05, 0.1) is 11.6 Å². The second-order valence-electron chi connectivity index (χ2n) is 5.49. The molecule has 0 bridgehead atoms. The number of nitrogens with zero attached hydrogens (tertiary/aromatic N) is 1. The van der Waals surface area contributed by atoms with Gasteiger partial charge in [0.25, 0.3) is 0 Å². The van der Waals surface area contributed by atoms with Gasteiger partial charge in [0.15, 0.2) is 5.17 Å². The van der Waals surface area contributed by atoms with Gasteiger partial charge in [0.1, 0.15) is 5.82 Å². The number of rotatable bonds is 2. The molecular formula is C15H19FN2OS. The van der Waals surface area contributed by atoms with Crippen molar-refractivity contribution in [3.05, 3.63) is 35.6 Å². The first kappa shape index (κ1) is 13.9. The highest BCUT2D eigenvalue weighted by molar-refractivity contribution is 8.13. The standard InChI is InChI=1S/C15H19FN2OS/c1-19-11-6-7-15(12-4-2-3-5-13(12)16)10(8-11)9-20-14(17)18-15/h2-5,10-11H,6-9H2,1H3,(H2,17,18). The van der Waals surface area contributed by atoms with E-state index in [1.54, 1.807) is 24.9 Å². The smallest absolute Gasteiger partial charge is 0.154 e. The first-order valence-electron chi connectivity index (χ1n) is 6.91. The second-order valence-corrected chi connectivity index (χ2v) is 6.53. The molecule has 0 spiro atoms. The van der Waals surface area contributed by atoms with Gasteiger partial charge in [-0.1, -0.05) is 30.0 Å². The largest absolute Gasteiger partial charge is 0.381 e. The van der Waals surface area contributed by atoms with Gasteiger partial charge in [-0.15, -0.1) is 0 Å². The lowest BCUT2D eigenvalue weighted by Crippen LogP contribution is -2.46. The lowest BCUT2D eigenvalue weighted by molar-refractivity contribution is 0.0229. The van der Waals surface area contributed by atoms with Crippen molar-refractivity contribution in [1.29, 1.82) is 0 Å². The zero-order valence-electron chi connectivity index (χ0n) is 11.5. The third-order valence-electron chi connectivity index (χ3n) is 4.49. The van der Waals surface area contributed by atoms with E-state index in [0.717, 1.165) is 25.0 Å². The Hall–Kier alpha value is -1.07. The lowest BCUT2D eigenvalue weighted by Gasteiger charge is -2.46. The van der Waals surface area contributed by atoms with Crippen LogP contribution in [0.25, 0.3) is 0 Å². The van der Waals surface area contributed by atoms with Crippen molar-refractivity contribution in [3.63, 3.8) is 0 Å². The first-order valence-corrected chi connectivity index (χ1v) is 7.90. The summed E-state index contributed by atoms with van der Waals surface area (Å²) in [4.78, 5) is 4.70. The minimum atomic E-state index is -0.504. The Bertz CT molecular complexity index is 536. The molecule has 1 aromatic carbocycles. The summed E-state index contributed by atoms with van der Waals surface area (Å²) in [7, 11) is 1.74. The maximum Gasteiger partial charge on any atom is 0.154 e. The summed E-state index contributed by atoms with van der Waals surface area (Å²) < 4.78 is 19.8. The fourth-order valence-corrected chi connectivity index (χ4v) is 4.44. The van der Waals surface area contributed by atoms with Crippen LogP contribution in [0, 0.1) is 11.7 Å². The van der Waals surface area contributed by atoms with Crippen LogP contribution in [0.15, 0.2) is 29.3 Å². The summed E-state index contributed by atoms with van der Waals surface area (Å²) in [5, 5.41) is 0.570. The van der Waals surface area contributed by atoms with Crippen molar-refractivity contribution in [1.82, 2.24) is 0 Å². The molecule has 108 valence electrons. The minimum absolute atomic E-state index is 0.184. The van der Waals surface area contributed by atoms with E-state index in [9.17, 15) is 4.39 Å². The number of nitrogens with two attached hydrogens (primary N) is 1. The van der Waals surface area contributed by atoms with Crippen LogP contribution in [0.3, 0.4) is 0 Å². The fraction of sp³-hybridized carbons (Fsp3) is 0.533. The molecule has 3 atom stereocenters. The van der Waals surface area contributed by atoms with E-state index in [1.807, 2.05) is 12.1 Å². The van der Waals surface area contributed by atoms with Gasteiger partial charge >= 0.3 is 0 Å². The number of halogens is 1. The van der Waals surface area contributed by atoms with Gasteiger partial charge in [0, 0.05) is 24.3 Å². The summed E-state index contributed by atoms with van der Waals surface area (Å²) in [5.41, 5.74) is 6.12. The minimum Gasteiger partial charge on any atom is -0.381 e. The lowest BCUT2D eigenvalue weighted by atomic mass is 9.68. The van der Waals surface area contributed by atoms with Crippen LogP contribution >= 0.6 is 11.8 Å². The highest BCUT2D eigenvalue weighted by Crippen LogP contribution is 2.50. The number of thioether (sulfide) groups is 1. The van der Waals surface area contributed by atoms with Gasteiger partial charge in [-0.3, -0.25) is 4.99 Å². The molecule has 3 nitrogen and oxygen atoms in total. The predicted octanol–water partition coefficient (Wildman–Crippen LogP) is 2.90. The molecule has 1 fully saturated rings. The van der Waals surface area contributed by atoms with Crippen LogP contribution in [-0.4, -0.2) is 24.1 Å². The summed E-state index contributed by atoms with van der Waals surface area (Å²) in [6, 6.07) is 6.95. The molecule has 3 unspecified atom stereocenters. The van der Waals surface area contributed by atoms with E-state index >= 15 is 0 Å². The van der Waals surface area contributed by atoms with Crippen LogP contribution in [-0.2, 0) is 10.3 Å². The molecule has 1 saturated carbocycles. The first-order chi connectivity index (χ1) is 9.65. The predicted molar refractivity (Wildman–Crippen MR) is 80.3 cm³/mol. The van der Waals surface area contributed by atoms with Crippen molar-refractivity contribution in [3.8, 4) is 0 Å². The number of methoxy groups -OCH3 is 1. The fourth-order valence-electron chi connectivity index (χ4n) is 3.42. The normalized spacial score (nSPS) is 33.4. The van der Waals surface area contributed by atoms with Crippen LogP contribution in [0.5, 0.6) is 0 Å². The van der Waals surface area contributed by atoms with E-state index in [2.05, 4.69) is 0 Å². The Balaban J connectivity index is 2.06. The summed E-state index contributed by atoms with van der Waals surface area (Å²) >= 11 is 1.57. The maximum absolute atomic E-state index is 14.3. The number of benzene rings is 1. The number of amidine groups is 1. The number of ether oxygens (including phenoxy) is 1. The quantitative estimate of drug-likeness (QED) is 0.912. The zero-order chi connectivity index (χ0) is 14.2. The summed E-state index contributed by atoms with van der Waals surface area (Å²) in [6.45, 7) is 0. The molecule has 0 saturated heterocycles. The topological polar surface area (TPSA) is 47.6 Å². The average Bonchev–Trinajstić information content (AvgIpc) is 2.47. The zero-order valence-corrected chi connectivity index (χ0v) is 12.3. The van der Waals surface area contributed by atoms with E-state index in [1.165, 1.54) is 6.07 Å². The second kappa shape index (κ2) is 5.37. The van der Waals surface area contributed by atoms with E-state index in [4.69, 9.17) is 15.5 Å². The maximum atomic E-state index is 14.3. The number of fused-ring (bicyclic) bond motifs is 1.